The Kier molecular flexibility index (Phi) is 6.52. The summed E-state index contributed by atoms with van der Waals surface area (Å²) in [4.78, 5) is 13.5. The average molecular weight is 242 g/mol. The van der Waals surface area contributed by atoms with Gasteiger partial charge in [0, 0.05) is 13.6 Å². The third-order valence-electron chi connectivity index (χ3n) is 3.58. The summed E-state index contributed by atoms with van der Waals surface area (Å²) in [6, 6.07) is 0. The van der Waals surface area contributed by atoms with Gasteiger partial charge in [-0.1, -0.05) is 19.8 Å². The highest BCUT2D eigenvalue weighted by molar-refractivity contribution is 5.77. The molecule has 0 bridgehead atoms. The zero-order valence-electron chi connectivity index (χ0n) is 11.2. The van der Waals surface area contributed by atoms with Gasteiger partial charge in [0.2, 0.25) is 5.91 Å². The lowest BCUT2D eigenvalue weighted by Gasteiger charge is -2.29. The third-order valence-corrected chi connectivity index (χ3v) is 3.58. The molecular weight excluding hydrogens is 216 g/mol. The summed E-state index contributed by atoms with van der Waals surface area (Å²) in [5, 5.41) is 0. The molecule has 0 aromatic heterocycles. The highest BCUT2D eigenvalue weighted by Gasteiger charge is 2.23. The van der Waals surface area contributed by atoms with E-state index in [1.807, 2.05) is 7.05 Å². The van der Waals surface area contributed by atoms with Crippen LogP contribution < -0.4 is 5.73 Å². The number of likely N-dealkylation sites (N-methyl/N-ethyl adjacent to an activating group) is 1. The number of hydrogen-bond donors (Lipinski definition) is 1. The fourth-order valence-corrected chi connectivity index (χ4v) is 2.27. The molecule has 0 aromatic rings. The van der Waals surface area contributed by atoms with Crippen molar-refractivity contribution in [2.24, 2.45) is 11.7 Å². The van der Waals surface area contributed by atoms with Gasteiger partial charge in [-0.25, -0.2) is 0 Å². The predicted octanol–water partition coefficient (Wildman–Crippen LogP) is 1.39. The molecule has 1 aliphatic rings. The van der Waals surface area contributed by atoms with Crippen LogP contribution in [0.3, 0.4) is 0 Å². The topological polar surface area (TPSA) is 55.6 Å². The van der Waals surface area contributed by atoms with Gasteiger partial charge >= 0.3 is 0 Å². The van der Waals surface area contributed by atoms with E-state index in [0.29, 0.717) is 12.5 Å². The Morgan fingerprint density at radius 2 is 2.12 bits per heavy atom. The van der Waals surface area contributed by atoms with Gasteiger partial charge in [-0.3, -0.25) is 4.79 Å². The molecule has 0 aliphatic heterocycles. The van der Waals surface area contributed by atoms with Gasteiger partial charge in [0.25, 0.3) is 0 Å². The molecule has 2 N–H and O–H groups in total. The monoisotopic (exact) mass is 242 g/mol. The van der Waals surface area contributed by atoms with Crippen molar-refractivity contribution in [2.45, 2.75) is 45.1 Å². The van der Waals surface area contributed by atoms with E-state index in [1.165, 1.54) is 19.3 Å². The number of ether oxygens (including phenoxy) is 1. The fraction of sp³-hybridized carbons (Fsp3) is 0.923. The van der Waals surface area contributed by atoms with Gasteiger partial charge in [0.1, 0.15) is 6.61 Å². The Hall–Kier alpha value is -0.610. The third kappa shape index (κ3) is 5.04. The summed E-state index contributed by atoms with van der Waals surface area (Å²) in [6.07, 6.45) is 5.97. The lowest BCUT2D eigenvalue weighted by molar-refractivity contribution is -0.138. The van der Waals surface area contributed by atoms with Crippen LogP contribution in [0.1, 0.15) is 39.0 Å². The second-order valence-corrected chi connectivity index (χ2v) is 5.07. The predicted molar refractivity (Wildman–Crippen MR) is 68.7 cm³/mol. The zero-order chi connectivity index (χ0) is 12.7. The first-order chi connectivity index (χ1) is 8.15. The Bertz CT molecular complexity index is 233. The normalized spacial score (nSPS) is 24.6. The lowest BCUT2D eigenvalue weighted by atomic mass is 9.88. The average Bonchev–Trinajstić information content (AvgIpc) is 2.34. The number of nitrogens with zero attached hydrogens (tertiary/aromatic N) is 1. The molecule has 4 heteroatoms. The van der Waals surface area contributed by atoms with Crippen LogP contribution in [0.5, 0.6) is 0 Å². The van der Waals surface area contributed by atoms with Crippen molar-refractivity contribution in [1.82, 2.24) is 4.90 Å². The van der Waals surface area contributed by atoms with Crippen molar-refractivity contribution >= 4 is 5.91 Å². The van der Waals surface area contributed by atoms with Crippen molar-refractivity contribution < 1.29 is 9.53 Å². The SMILES string of the molecule is CC1CCCCC1OCC(=O)N(C)CCCN. The van der Waals surface area contributed by atoms with Crippen LogP contribution >= 0.6 is 0 Å². The van der Waals surface area contributed by atoms with Crippen LogP contribution in [0.2, 0.25) is 0 Å². The summed E-state index contributed by atoms with van der Waals surface area (Å²) in [5.41, 5.74) is 5.42. The van der Waals surface area contributed by atoms with E-state index in [4.69, 9.17) is 10.5 Å². The lowest BCUT2D eigenvalue weighted by Crippen LogP contribution is -2.35. The minimum atomic E-state index is 0.0659. The number of amides is 1. The Labute approximate surface area is 104 Å². The van der Waals surface area contributed by atoms with Crippen LogP contribution in [0.15, 0.2) is 0 Å². The van der Waals surface area contributed by atoms with Gasteiger partial charge < -0.3 is 15.4 Å². The molecule has 0 radical (unpaired) electrons. The summed E-state index contributed by atoms with van der Waals surface area (Å²) in [5.74, 6) is 0.655. The molecule has 0 heterocycles. The van der Waals surface area contributed by atoms with Crippen molar-refractivity contribution in [2.75, 3.05) is 26.7 Å². The maximum absolute atomic E-state index is 11.8. The van der Waals surface area contributed by atoms with Gasteiger partial charge in [0.05, 0.1) is 6.10 Å². The first-order valence-corrected chi connectivity index (χ1v) is 6.70. The Morgan fingerprint density at radius 1 is 1.41 bits per heavy atom. The van der Waals surface area contributed by atoms with Crippen LogP contribution in [0.4, 0.5) is 0 Å². The first-order valence-electron chi connectivity index (χ1n) is 6.70. The number of hydrogen-bond acceptors (Lipinski definition) is 3. The number of carbonyl (C=O) groups is 1. The van der Waals surface area contributed by atoms with Gasteiger partial charge in [-0.15, -0.1) is 0 Å². The van der Waals surface area contributed by atoms with E-state index >= 15 is 0 Å². The molecule has 1 rings (SSSR count). The molecule has 1 fully saturated rings. The summed E-state index contributed by atoms with van der Waals surface area (Å²) < 4.78 is 5.74. The van der Waals surface area contributed by atoms with E-state index in [-0.39, 0.29) is 18.6 Å². The van der Waals surface area contributed by atoms with Crippen molar-refractivity contribution in [1.29, 1.82) is 0 Å². The fourth-order valence-electron chi connectivity index (χ4n) is 2.27. The van der Waals surface area contributed by atoms with Crippen LogP contribution in [-0.2, 0) is 9.53 Å². The zero-order valence-corrected chi connectivity index (χ0v) is 11.2. The minimum absolute atomic E-state index is 0.0659. The number of rotatable bonds is 6. The first kappa shape index (κ1) is 14.5. The maximum Gasteiger partial charge on any atom is 0.248 e. The van der Waals surface area contributed by atoms with E-state index in [9.17, 15) is 4.79 Å². The molecule has 17 heavy (non-hydrogen) atoms. The van der Waals surface area contributed by atoms with Crippen molar-refractivity contribution in [3.05, 3.63) is 0 Å². The second kappa shape index (κ2) is 7.67. The van der Waals surface area contributed by atoms with E-state index in [2.05, 4.69) is 6.92 Å². The van der Waals surface area contributed by atoms with E-state index < -0.39 is 0 Å². The maximum atomic E-state index is 11.8. The Morgan fingerprint density at radius 3 is 2.76 bits per heavy atom. The van der Waals surface area contributed by atoms with Gasteiger partial charge in [-0.2, -0.15) is 0 Å². The number of carbonyl (C=O) groups excluding carboxylic acids is 1. The molecule has 0 spiro atoms. The summed E-state index contributed by atoms with van der Waals surface area (Å²) in [7, 11) is 1.81. The quantitative estimate of drug-likeness (QED) is 0.765. The summed E-state index contributed by atoms with van der Waals surface area (Å²) in [6.45, 7) is 3.78. The van der Waals surface area contributed by atoms with Crippen LogP contribution in [-0.4, -0.2) is 43.7 Å². The highest BCUT2D eigenvalue weighted by atomic mass is 16.5. The molecule has 0 saturated heterocycles. The Balaban J connectivity index is 2.22. The van der Waals surface area contributed by atoms with Gasteiger partial charge in [-0.05, 0) is 31.7 Å². The van der Waals surface area contributed by atoms with Gasteiger partial charge in [0.15, 0.2) is 0 Å². The highest BCUT2D eigenvalue weighted by Crippen LogP contribution is 2.26. The molecule has 4 nitrogen and oxygen atoms in total. The second-order valence-electron chi connectivity index (χ2n) is 5.07. The summed E-state index contributed by atoms with van der Waals surface area (Å²) >= 11 is 0. The molecule has 1 amide bonds. The van der Waals surface area contributed by atoms with Crippen molar-refractivity contribution in [3.63, 3.8) is 0 Å². The molecule has 2 atom stereocenters. The molecule has 100 valence electrons. The molecule has 2 unspecified atom stereocenters. The minimum Gasteiger partial charge on any atom is -0.368 e. The molecule has 1 saturated carbocycles. The van der Waals surface area contributed by atoms with E-state index in [1.54, 1.807) is 4.90 Å². The van der Waals surface area contributed by atoms with Crippen molar-refractivity contribution in [3.8, 4) is 0 Å². The molecule has 1 aliphatic carbocycles. The standard InChI is InChI=1S/C13H26N2O2/c1-11-6-3-4-7-12(11)17-10-13(16)15(2)9-5-8-14/h11-12H,3-10,14H2,1-2H3. The molecular formula is C13H26N2O2. The number of nitrogens with two attached hydrogens (primary N) is 1. The van der Waals surface area contributed by atoms with Crippen LogP contribution in [0, 0.1) is 5.92 Å². The largest absolute Gasteiger partial charge is 0.368 e. The van der Waals surface area contributed by atoms with Crippen LogP contribution in [0.25, 0.3) is 0 Å². The smallest absolute Gasteiger partial charge is 0.248 e. The molecule has 0 aromatic carbocycles. The van der Waals surface area contributed by atoms with E-state index in [0.717, 1.165) is 19.4 Å².